The van der Waals surface area contributed by atoms with Gasteiger partial charge in [0, 0.05) is 12.6 Å². The van der Waals surface area contributed by atoms with Crippen molar-refractivity contribution in [3.63, 3.8) is 0 Å². The molecule has 1 aromatic rings. The normalized spacial score (nSPS) is 12.6. The van der Waals surface area contributed by atoms with Gasteiger partial charge in [0.05, 0.1) is 10.6 Å². The summed E-state index contributed by atoms with van der Waals surface area (Å²) in [6, 6.07) is 3.33. The fraction of sp³-hybridized carbons (Fsp3) is 0.538. The Balaban J connectivity index is 3.22. The highest BCUT2D eigenvalue weighted by molar-refractivity contribution is 7.89. The topological polar surface area (TPSA) is 63.4 Å². The van der Waals surface area contributed by atoms with Crippen LogP contribution >= 0.6 is 0 Å². The molecule has 0 fully saturated rings. The number of halogens is 1. The van der Waals surface area contributed by atoms with Crippen molar-refractivity contribution in [3.05, 3.63) is 24.0 Å². The summed E-state index contributed by atoms with van der Waals surface area (Å²) in [5.41, 5.74) is 5.28. The second kappa shape index (κ2) is 5.88. The van der Waals surface area contributed by atoms with Crippen LogP contribution in [0.5, 0.6) is 0 Å². The van der Waals surface area contributed by atoms with Crippen molar-refractivity contribution >= 4 is 15.7 Å². The Kier molecular flexibility index (Phi) is 4.92. The highest BCUT2D eigenvalue weighted by Crippen LogP contribution is 2.22. The molecule has 1 rings (SSSR count). The van der Waals surface area contributed by atoms with Gasteiger partial charge in [-0.1, -0.05) is 13.8 Å². The zero-order chi connectivity index (χ0) is 14.8. The minimum atomic E-state index is -3.65. The Bertz CT molecular complexity index is 542. The van der Waals surface area contributed by atoms with Crippen LogP contribution in [0.3, 0.4) is 0 Å². The van der Waals surface area contributed by atoms with Crippen molar-refractivity contribution in [2.24, 2.45) is 5.92 Å². The fourth-order valence-electron chi connectivity index (χ4n) is 1.76. The fourth-order valence-corrected chi connectivity index (χ4v) is 3.60. The van der Waals surface area contributed by atoms with Gasteiger partial charge in [-0.2, -0.15) is 4.31 Å². The Morgan fingerprint density at radius 1 is 1.26 bits per heavy atom. The van der Waals surface area contributed by atoms with Crippen LogP contribution in [0.25, 0.3) is 0 Å². The first-order valence-corrected chi connectivity index (χ1v) is 7.67. The van der Waals surface area contributed by atoms with Crippen molar-refractivity contribution in [3.8, 4) is 0 Å². The van der Waals surface area contributed by atoms with Gasteiger partial charge in [0.1, 0.15) is 5.82 Å². The van der Waals surface area contributed by atoms with Gasteiger partial charge in [-0.05, 0) is 38.0 Å². The van der Waals surface area contributed by atoms with Crippen LogP contribution in [-0.2, 0) is 10.0 Å². The van der Waals surface area contributed by atoms with Gasteiger partial charge in [-0.3, -0.25) is 0 Å². The number of hydrogen-bond donors (Lipinski definition) is 1. The summed E-state index contributed by atoms with van der Waals surface area (Å²) in [6.07, 6.45) is 0. The van der Waals surface area contributed by atoms with Crippen LogP contribution in [0.4, 0.5) is 10.1 Å². The van der Waals surface area contributed by atoms with Crippen LogP contribution in [0.2, 0.25) is 0 Å². The molecule has 0 aromatic heterocycles. The first-order valence-electron chi connectivity index (χ1n) is 6.23. The van der Waals surface area contributed by atoms with E-state index in [9.17, 15) is 12.8 Å². The molecule has 108 valence electrons. The van der Waals surface area contributed by atoms with Crippen molar-refractivity contribution < 1.29 is 12.8 Å². The number of nitrogen functional groups attached to an aromatic ring is 1. The minimum Gasteiger partial charge on any atom is -0.396 e. The summed E-state index contributed by atoms with van der Waals surface area (Å²) in [7, 11) is -3.65. The molecule has 19 heavy (non-hydrogen) atoms. The molecule has 0 spiro atoms. The number of nitrogens with zero attached hydrogens (tertiary/aromatic N) is 1. The van der Waals surface area contributed by atoms with E-state index in [2.05, 4.69) is 0 Å². The van der Waals surface area contributed by atoms with Gasteiger partial charge in [0.15, 0.2) is 0 Å². The summed E-state index contributed by atoms with van der Waals surface area (Å²) >= 11 is 0. The lowest BCUT2D eigenvalue weighted by atomic mass is 10.2. The van der Waals surface area contributed by atoms with Gasteiger partial charge in [0.2, 0.25) is 10.0 Å². The lowest BCUT2D eigenvalue weighted by Crippen LogP contribution is -2.39. The van der Waals surface area contributed by atoms with Crippen molar-refractivity contribution in [2.45, 2.75) is 38.6 Å². The first-order chi connectivity index (χ1) is 8.66. The summed E-state index contributed by atoms with van der Waals surface area (Å²) in [4.78, 5) is 0.0285. The van der Waals surface area contributed by atoms with E-state index in [0.717, 1.165) is 6.07 Å². The van der Waals surface area contributed by atoms with E-state index in [-0.39, 0.29) is 22.5 Å². The number of anilines is 1. The SMILES string of the molecule is CC(C)CN(C(C)C)S(=O)(=O)c1ccc(F)c(N)c1. The van der Waals surface area contributed by atoms with E-state index in [4.69, 9.17) is 5.73 Å². The third-order valence-electron chi connectivity index (χ3n) is 2.70. The number of nitrogens with two attached hydrogens (primary N) is 1. The van der Waals surface area contributed by atoms with Crippen LogP contribution in [-0.4, -0.2) is 25.3 Å². The lowest BCUT2D eigenvalue weighted by molar-refractivity contribution is 0.319. The largest absolute Gasteiger partial charge is 0.396 e. The smallest absolute Gasteiger partial charge is 0.243 e. The molecule has 0 aliphatic rings. The van der Waals surface area contributed by atoms with E-state index in [0.29, 0.717) is 6.54 Å². The molecule has 0 heterocycles. The molecule has 0 saturated heterocycles. The molecule has 4 nitrogen and oxygen atoms in total. The minimum absolute atomic E-state index is 0.0285. The standard InChI is InChI=1S/C13H21FN2O2S/c1-9(2)8-16(10(3)4)19(17,18)11-5-6-12(14)13(15)7-11/h5-7,9-10H,8,15H2,1-4H3. The molecule has 6 heteroatoms. The van der Waals surface area contributed by atoms with Gasteiger partial charge in [0.25, 0.3) is 0 Å². The molecule has 0 aliphatic carbocycles. The quantitative estimate of drug-likeness (QED) is 0.847. The first kappa shape index (κ1) is 15.9. The van der Waals surface area contributed by atoms with Gasteiger partial charge < -0.3 is 5.73 Å². The zero-order valence-corrected chi connectivity index (χ0v) is 12.5. The Morgan fingerprint density at radius 3 is 2.26 bits per heavy atom. The number of benzene rings is 1. The third kappa shape index (κ3) is 3.67. The summed E-state index contributed by atoms with van der Waals surface area (Å²) in [5, 5.41) is 0. The molecule has 2 N–H and O–H groups in total. The monoisotopic (exact) mass is 288 g/mol. The third-order valence-corrected chi connectivity index (χ3v) is 4.73. The summed E-state index contributed by atoms with van der Waals surface area (Å²) in [6.45, 7) is 7.94. The van der Waals surface area contributed by atoms with Crippen molar-refractivity contribution in [1.82, 2.24) is 4.31 Å². The van der Waals surface area contributed by atoms with Crippen LogP contribution in [0.15, 0.2) is 23.1 Å². The maximum absolute atomic E-state index is 13.1. The number of hydrogen-bond acceptors (Lipinski definition) is 3. The second-order valence-electron chi connectivity index (χ2n) is 5.25. The number of rotatable bonds is 5. The molecule has 0 saturated carbocycles. The Labute approximate surface area is 114 Å². The second-order valence-corrected chi connectivity index (χ2v) is 7.14. The maximum atomic E-state index is 13.1. The highest BCUT2D eigenvalue weighted by Gasteiger charge is 2.28. The summed E-state index contributed by atoms with van der Waals surface area (Å²) < 4.78 is 39.6. The Morgan fingerprint density at radius 2 is 1.84 bits per heavy atom. The van der Waals surface area contributed by atoms with Gasteiger partial charge >= 0.3 is 0 Å². The number of sulfonamides is 1. The average molecular weight is 288 g/mol. The predicted molar refractivity (Wildman–Crippen MR) is 74.7 cm³/mol. The average Bonchev–Trinajstić information content (AvgIpc) is 2.28. The van der Waals surface area contributed by atoms with Crippen LogP contribution in [0.1, 0.15) is 27.7 Å². The van der Waals surface area contributed by atoms with Crippen LogP contribution < -0.4 is 5.73 Å². The van der Waals surface area contributed by atoms with Gasteiger partial charge in [-0.25, -0.2) is 12.8 Å². The van der Waals surface area contributed by atoms with Crippen LogP contribution in [0, 0.1) is 11.7 Å². The lowest BCUT2D eigenvalue weighted by Gasteiger charge is -2.27. The van der Waals surface area contributed by atoms with Crippen molar-refractivity contribution in [2.75, 3.05) is 12.3 Å². The molecule has 0 bridgehead atoms. The van der Waals surface area contributed by atoms with Gasteiger partial charge in [-0.15, -0.1) is 0 Å². The molecule has 1 aromatic carbocycles. The highest BCUT2D eigenvalue weighted by atomic mass is 32.2. The zero-order valence-electron chi connectivity index (χ0n) is 11.7. The maximum Gasteiger partial charge on any atom is 0.243 e. The van der Waals surface area contributed by atoms with Crippen molar-refractivity contribution in [1.29, 1.82) is 0 Å². The van der Waals surface area contributed by atoms with E-state index in [1.807, 2.05) is 27.7 Å². The molecule has 0 amide bonds. The van der Waals surface area contributed by atoms with E-state index < -0.39 is 15.8 Å². The van der Waals surface area contributed by atoms with E-state index >= 15 is 0 Å². The summed E-state index contributed by atoms with van der Waals surface area (Å²) in [5.74, 6) is -0.408. The Hall–Kier alpha value is -1.14. The molecule has 0 atom stereocenters. The molecular formula is C13H21FN2O2S. The molecule has 0 aliphatic heterocycles. The van der Waals surface area contributed by atoms with E-state index in [1.54, 1.807) is 0 Å². The molecule has 0 unspecified atom stereocenters. The predicted octanol–water partition coefficient (Wildman–Crippen LogP) is 2.46. The van der Waals surface area contributed by atoms with E-state index in [1.165, 1.54) is 16.4 Å². The molecular weight excluding hydrogens is 267 g/mol. The molecule has 0 radical (unpaired) electrons.